The molecule has 0 heterocycles. The van der Waals surface area contributed by atoms with Gasteiger partial charge in [-0.2, -0.15) is 0 Å². The Balaban J connectivity index is 2.37. The molecule has 1 atom stereocenters. The van der Waals surface area contributed by atoms with Crippen molar-refractivity contribution in [3.63, 3.8) is 0 Å². The molecule has 0 spiro atoms. The van der Waals surface area contributed by atoms with Crippen molar-refractivity contribution < 1.29 is 0 Å². The Morgan fingerprint density at radius 1 is 1.22 bits per heavy atom. The topological polar surface area (TPSA) is 12.0 Å². The first-order valence-electron chi connectivity index (χ1n) is 3.75. The quantitative estimate of drug-likeness (QED) is 0.554. The molecule has 0 aromatic rings. The van der Waals surface area contributed by atoms with Crippen LogP contribution in [-0.4, -0.2) is 12.3 Å². The van der Waals surface area contributed by atoms with Crippen molar-refractivity contribution in [3.8, 4) is 0 Å². The summed E-state index contributed by atoms with van der Waals surface area (Å²) in [6.07, 6.45) is 6.87. The van der Waals surface area contributed by atoms with Crippen LogP contribution >= 0.6 is 9.24 Å². The second kappa shape index (κ2) is 2.98. The molecule has 0 bridgehead atoms. The van der Waals surface area contributed by atoms with Crippen molar-refractivity contribution in [2.45, 2.75) is 37.4 Å². The lowest BCUT2D eigenvalue weighted by atomic mass is 9.95. The fraction of sp³-hybridized carbons (Fsp3) is 1.00. The number of hydrogen-bond donors (Lipinski definition) is 1. The van der Waals surface area contributed by atoms with Gasteiger partial charge in [-0.25, -0.2) is 0 Å². The van der Waals surface area contributed by atoms with Gasteiger partial charge in [0.1, 0.15) is 0 Å². The molecule has 1 fully saturated rings. The van der Waals surface area contributed by atoms with E-state index in [1.54, 1.807) is 0 Å². The summed E-state index contributed by atoms with van der Waals surface area (Å²) in [5.74, 6) is 0. The zero-order valence-corrected chi connectivity index (χ0v) is 7.27. The maximum atomic E-state index is 3.34. The minimum atomic E-state index is 0.387. The van der Waals surface area contributed by atoms with E-state index >= 15 is 0 Å². The van der Waals surface area contributed by atoms with E-state index in [0.29, 0.717) is 5.28 Å². The molecule has 1 N–H and O–H groups in total. The largest absolute Gasteiger partial charge is 0.311 e. The van der Waals surface area contributed by atoms with Gasteiger partial charge in [0.2, 0.25) is 0 Å². The molecule has 0 aromatic carbocycles. The Morgan fingerprint density at radius 2 is 1.78 bits per heavy atom. The predicted molar refractivity (Wildman–Crippen MR) is 44.6 cm³/mol. The molecule has 9 heavy (non-hydrogen) atoms. The molecule has 1 aliphatic rings. The third-order valence-electron chi connectivity index (χ3n) is 2.24. The van der Waals surface area contributed by atoms with Crippen LogP contribution in [0, 0.1) is 0 Å². The summed E-state index contributed by atoms with van der Waals surface area (Å²) in [4.78, 5) is 0. The monoisotopic (exact) mass is 145 g/mol. The van der Waals surface area contributed by atoms with Crippen molar-refractivity contribution in [2.24, 2.45) is 0 Å². The van der Waals surface area contributed by atoms with Gasteiger partial charge in [-0.15, -0.1) is 9.24 Å². The van der Waals surface area contributed by atoms with Gasteiger partial charge in [-0.05, 0) is 19.9 Å². The number of nitrogens with one attached hydrogen (secondary N) is 1. The third-order valence-corrected chi connectivity index (χ3v) is 3.11. The SMILES string of the molecule is CNC1(P)CCCCC1. The summed E-state index contributed by atoms with van der Waals surface area (Å²) >= 11 is 0. The maximum absolute atomic E-state index is 3.34. The molecule has 0 aliphatic heterocycles. The molecule has 2 heteroatoms. The van der Waals surface area contributed by atoms with E-state index in [9.17, 15) is 0 Å². The van der Waals surface area contributed by atoms with Crippen LogP contribution < -0.4 is 5.32 Å². The third kappa shape index (κ3) is 1.91. The summed E-state index contributed by atoms with van der Waals surface area (Å²) in [6.45, 7) is 0. The van der Waals surface area contributed by atoms with Crippen LogP contribution in [-0.2, 0) is 0 Å². The van der Waals surface area contributed by atoms with Crippen LogP contribution in [0.3, 0.4) is 0 Å². The van der Waals surface area contributed by atoms with Crippen LogP contribution in [0.25, 0.3) is 0 Å². The van der Waals surface area contributed by atoms with E-state index in [-0.39, 0.29) is 0 Å². The Labute approximate surface area is 59.8 Å². The van der Waals surface area contributed by atoms with Gasteiger partial charge in [-0.3, -0.25) is 0 Å². The number of rotatable bonds is 1. The average Bonchev–Trinajstić information content (AvgIpc) is 1.90. The second-order valence-corrected chi connectivity index (χ2v) is 4.07. The molecular formula is C7H16NP. The molecule has 0 aromatic heterocycles. The minimum Gasteiger partial charge on any atom is -0.311 e. The van der Waals surface area contributed by atoms with E-state index in [0.717, 1.165) is 0 Å². The highest BCUT2D eigenvalue weighted by atomic mass is 31.0. The molecule has 1 unspecified atom stereocenters. The fourth-order valence-corrected chi connectivity index (χ4v) is 1.84. The molecular weight excluding hydrogens is 129 g/mol. The van der Waals surface area contributed by atoms with Crippen LogP contribution in [0.4, 0.5) is 0 Å². The molecule has 0 saturated heterocycles. The molecule has 1 aliphatic carbocycles. The van der Waals surface area contributed by atoms with Gasteiger partial charge in [0.05, 0.1) is 0 Å². The van der Waals surface area contributed by atoms with Crippen molar-refractivity contribution in [3.05, 3.63) is 0 Å². The lowest BCUT2D eigenvalue weighted by molar-refractivity contribution is 0.357. The highest BCUT2D eigenvalue weighted by Gasteiger charge is 2.23. The van der Waals surface area contributed by atoms with Crippen molar-refractivity contribution in [1.82, 2.24) is 5.32 Å². The Kier molecular flexibility index (Phi) is 2.49. The van der Waals surface area contributed by atoms with Crippen molar-refractivity contribution in [2.75, 3.05) is 7.05 Å². The Morgan fingerprint density at radius 3 is 2.11 bits per heavy atom. The fourth-order valence-electron chi connectivity index (χ4n) is 1.43. The van der Waals surface area contributed by atoms with Gasteiger partial charge in [0.15, 0.2) is 0 Å². The molecule has 1 nitrogen and oxygen atoms in total. The van der Waals surface area contributed by atoms with E-state index in [1.165, 1.54) is 32.1 Å². The summed E-state index contributed by atoms with van der Waals surface area (Å²) < 4.78 is 0. The summed E-state index contributed by atoms with van der Waals surface area (Å²) in [6, 6.07) is 0. The smallest absolute Gasteiger partial charge is 0.0320 e. The highest BCUT2D eigenvalue weighted by Crippen LogP contribution is 2.32. The van der Waals surface area contributed by atoms with E-state index in [2.05, 4.69) is 21.6 Å². The number of hydrogen-bond acceptors (Lipinski definition) is 1. The first-order chi connectivity index (χ1) is 4.27. The average molecular weight is 145 g/mol. The van der Waals surface area contributed by atoms with Gasteiger partial charge in [0, 0.05) is 5.28 Å². The highest BCUT2D eigenvalue weighted by molar-refractivity contribution is 7.18. The minimum absolute atomic E-state index is 0.387. The summed E-state index contributed by atoms with van der Waals surface area (Å²) in [7, 11) is 4.98. The van der Waals surface area contributed by atoms with Gasteiger partial charge >= 0.3 is 0 Å². The van der Waals surface area contributed by atoms with E-state index in [1.807, 2.05) is 0 Å². The lowest BCUT2D eigenvalue weighted by Crippen LogP contribution is -2.37. The van der Waals surface area contributed by atoms with Crippen molar-refractivity contribution in [1.29, 1.82) is 0 Å². The van der Waals surface area contributed by atoms with E-state index < -0.39 is 0 Å². The van der Waals surface area contributed by atoms with Crippen LogP contribution in [0.1, 0.15) is 32.1 Å². The van der Waals surface area contributed by atoms with Crippen molar-refractivity contribution >= 4 is 9.24 Å². The van der Waals surface area contributed by atoms with Crippen LogP contribution in [0.2, 0.25) is 0 Å². The second-order valence-electron chi connectivity index (χ2n) is 2.97. The summed E-state index contributed by atoms with van der Waals surface area (Å²) in [5, 5.41) is 3.73. The molecule has 0 radical (unpaired) electrons. The lowest BCUT2D eigenvalue weighted by Gasteiger charge is -2.32. The van der Waals surface area contributed by atoms with Gasteiger partial charge in [0.25, 0.3) is 0 Å². The predicted octanol–water partition coefficient (Wildman–Crippen LogP) is 1.74. The van der Waals surface area contributed by atoms with Gasteiger partial charge in [-0.1, -0.05) is 19.3 Å². The summed E-state index contributed by atoms with van der Waals surface area (Å²) in [5.41, 5.74) is 0. The molecule has 54 valence electrons. The standard InChI is InChI=1S/C7H16NP/c1-8-7(9)5-3-2-4-6-7/h8H,2-6,9H2,1H3. The first kappa shape index (κ1) is 7.50. The first-order valence-corrected chi connectivity index (χ1v) is 4.32. The Bertz CT molecular complexity index is 86.9. The van der Waals surface area contributed by atoms with Crippen LogP contribution in [0.5, 0.6) is 0 Å². The Hall–Kier alpha value is 0.390. The maximum Gasteiger partial charge on any atom is 0.0320 e. The zero-order valence-electron chi connectivity index (χ0n) is 6.11. The zero-order chi connectivity index (χ0) is 6.74. The molecule has 1 rings (SSSR count). The van der Waals surface area contributed by atoms with E-state index in [4.69, 9.17) is 0 Å². The molecule has 0 amide bonds. The van der Waals surface area contributed by atoms with Gasteiger partial charge < -0.3 is 5.32 Å². The van der Waals surface area contributed by atoms with Crippen LogP contribution in [0.15, 0.2) is 0 Å². The molecule has 1 saturated carbocycles. The normalized spacial score (nSPS) is 26.0.